The number of hydrogen-bond acceptors (Lipinski definition) is 3. The van der Waals surface area contributed by atoms with Gasteiger partial charge in [0.15, 0.2) is 0 Å². The number of amides is 1. The van der Waals surface area contributed by atoms with E-state index in [1.54, 1.807) is 0 Å². The van der Waals surface area contributed by atoms with Crippen molar-refractivity contribution in [3.05, 3.63) is 35.5 Å². The number of hydrogen-bond donors (Lipinski definition) is 1. The molecule has 0 saturated heterocycles. The maximum Gasteiger partial charge on any atom is 0.328 e. The molecule has 0 unspecified atom stereocenters. The summed E-state index contributed by atoms with van der Waals surface area (Å²) in [6, 6.07) is 7.02. The number of aromatic amines is 1. The fourth-order valence-corrected chi connectivity index (χ4v) is 3.43. The number of fused-ring (bicyclic) bond motifs is 3. The lowest BCUT2D eigenvalue weighted by atomic mass is 9.92. The SMILES string of the molecule is COC(=O)[C@H]1Cc2c([nH]c3ccccc23)[C@H](C)N1C(=O)CCl. The van der Waals surface area contributed by atoms with Gasteiger partial charge in [-0.2, -0.15) is 0 Å². The highest BCUT2D eigenvalue weighted by Gasteiger charge is 2.40. The number of para-hydroxylation sites is 1. The van der Waals surface area contributed by atoms with Crippen molar-refractivity contribution in [3.63, 3.8) is 0 Å². The van der Waals surface area contributed by atoms with Gasteiger partial charge in [0.2, 0.25) is 5.91 Å². The average Bonchev–Trinajstić information content (AvgIpc) is 2.92. The Morgan fingerprint density at radius 1 is 1.41 bits per heavy atom. The number of H-pyrrole nitrogens is 1. The summed E-state index contributed by atoms with van der Waals surface area (Å²) >= 11 is 5.72. The summed E-state index contributed by atoms with van der Waals surface area (Å²) in [7, 11) is 1.33. The fraction of sp³-hybridized carbons (Fsp3) is 0.375. The number of aromatic nitrogens is 1. The largest absolute Gasteiger partial charge is 0.467 e. The monoisotopic (exact) mass is 320 g/mol. The number of esters is 1. The van der Waals surface area contributed by atoms with Crippen LogP contribution in [0.5, 0.6) is 0 Å². The van der Waals surface area contributed by atoms with Crippen LogP contribution in [0.4, 0.5) is 0 Å². The van der Waals surface area contributed by atoms with E-state index in [-0.39, 0.29) is 17.8 Å². The molecule has 1 aliphatic rings. The van der Waals surface area contributed by atoms with E-state index < -0.39 is 12.0 Å². The van der Waals surface area contributed by atoms with Crippen molar-refractivity contribution in [3.8, 4) is 0 Å². The van der Waals surface area contributed by atoms with Crippen LogP contribution in [-0.4, -0.2) is 40.8 Å². The summed E-state index contributed by atoms with van der Waals surface area (Å²) < 4.78 is 4.88. The average molecular weight is 321 g/mol. The lowest BCUT2D eigenvalue weighted by molar-refractivity contribution is -0.154. The minimum Gasteiger partial charge on any atom is -0.467 e. The number of methoxy groups -OCH3 is 1. The van der Waals surface area contributed by atoms with Gasteiger partial charge in [-0.15, -0.1) is 11.6 Å². The lowest BCUT2D eigenvalue weighted by Gasteiger charge is -2.38. The molecule has 1 N–H and O–H groups in total. The zero-order chi connectivity index (χ0) is 15.9. The van der Waals surface area contributed by atoms with Gasteiger partial charge in [-0.1, -0.05) is 18.2 Å². The zero-order valence-electron chi connectivity index (χ0n) is 12.4. The first kappa shape index (κ1) is 14.9. The predicted octanol–water partition coefficient (Wildman–Crippen LogP) is 2.39. The van der Waals surface area contributed by atoms with Crippen LogP contribution in [0.15, 0.2) is 24.3 Å². The molecule has 2 atom stereocenters. The van der Waals surface area contributed by atoms with Gasteiger partial charge >= 0.3 is 5.97 Å². The molecular formula is C16H17ClN2O3. The third-order valence-corrected chi connectivity index (χ3v) is 4.52. The normalized spacial score (nSPS) is 20.8. The van der Waals surface area contributed by atoms with Gasteiger partial charge < -0.3 is 14.6 Å². The molecule has 22 heavy (non-hydrogen) atoms. The molecule has 1 amide bonds. The number of ether oxygens (including phenoxy) is 1. The van der Waals surface area contributed by atoms with Crippen molar-refractivity contribution in [1.29, 1.82) is 0 Å². The molecule has 1 aromatic heterocycles. The zero-order valence-corrected chi connectivity index (χ0v) is 13.2. The van der Waals surface area contributed by atoms with E-state index in [1.807, 2.05) is 31.2 Å². The first-order valence-electron chi connectivity index (χ1n) is 7.13. The van der Waals surface area contributed by atoms with Gasteiger partial charge in [0.05, 0.1) is 13.2 Å². The van der Waals surface area contributed by atoms with Crippen molar-refractivity contribution >= 4 is 34.4 Å². The molecule has 3 rings (SSSR count). The highest BCUT2D eigenvalue weighted by atomic mass is 35.5. The van der Waals surface area contributed by atoms with E-state index >= 15 is 0 Å². The van der Waals surface area contributed by atoms with E-state index in [2.05, 4.69) is 4.98 Å². The fourth-order valence-electron chi connectivity index (χ4n) is 3.29. The van der Waals surface area contributed by atoms with Crippen LogP contribution >= 0.6 is 11.6 Å². The highest BCUT2D eigenvalue weighted by molar-refractivity contribution is 6.27. The maximum atomic E-state index is 12.2. The maximum absolute atomic E-state index is 12.2. The number of carbonyl (C=O) groups is 2. The van der Waals surface area contributed by atoms with Gasteiger partial charge in [-0.3, -0.25) is 4.79 Å². The van der Waals surface area contributed by atoms with Crippen molar-refractivity contribution < 1.29 is 14.3 Å². The molecular weight excluding hydrogens is 304 g/mol. The van der Waals surface area contributed by atoms with Crippen LogP contribution in [-0.2, 0) is 20.7 Å². The molecule has 1 aromatic carbocycles. The first-order valence-corrected chi connectivity index (χ1v) is 7.66. The van der Waals surface area contributed by atoms with Crippen LogP contribution < -0.4 is 0 Å². The molecule has 0 bridgehead atoms. The second-order valence-corrected chi connectivity index (χ2v) is 5.68. The lowest BCUT2D eigenvalue weighted by Crippen LogP contribution is -2.51. The van der Waals surface area contributed by atoms with Gasteiger partial charge in [0.1, 0.15) is 11.9 Å². The standard InChI is InChI=1S/C16H17ClN2O3/c1-9-15-11(10-5-3-4-6-12(10)18-15)7-13(16(21)22-2)19(9)14(20)8-17/h3-6,9,13,18H,7-8H2,1-2H3/t9-,13+/m0/s1. The second kappa shape index (κ2) is 5.65. The summed E-state index contributed by atoms with van der Waals surface area (Å²) in [5, 5.41) is 1.08. The number of halogens is 1. The Bertz CT molecular complexity index is 740. The van der Waals surface area contributed by atoms with Crippen LogP contribution in [0.25, 0.3) is 10.9 Å². The van der Waals surface area contributed by atoms with E-state index in [4.69, 9.17) is 16.3 Å². The van der Waals surface area contributed by atoms with E-state index in [0.717, 1.165) is 22.2 Å². The molecule has 2 aromatic rings. The Kier molecular flexibility index (Phi) is 3.83. The molecule has 0 radical (unpaired) electrons. The third-order valence-electron chi connectivity index (χ3n) is 4.29. The van der Waals surface area contributed by atoms with Crippen molar-refractivity contribution in [2.75, 3.05) is 13.0 Å². The summed E-state index contributed by atoms with van der Waals surface area (Å²) in [5.74, 6) is -0.844. The third kappa shape index (κ3) is 2.16. The van der Waals surface area contributed by atoms with Gasteiger partial charge in [0, 0.05) is 23.0 Å². The van der Waals surface area contributed by atoms with Crippen molar-refractivity contribution in [2.24, 2.45) is 0 Å². The summed E-state index contributed by atoms with van der Waals surface area (Å²) in [6.45, 7) is 1.90. The highest BCUT2D eigenvalue weighted by Crippen LogP contribution is 2.37. The quantitative estimate of drug-likeness (QED) is 0.682. The topological polar surface area (TPSA) is 62.4 Å². The molecule has 1 aliphatic heterocycles. The molecule has 0 fully saturated rings. The Morgan fingerprint density at radius 3 is 2.82 bits per heavy atom. The molecule has 5 nitrogen and oxygen atoms in total. The minimum atomic E-state index is -0.641. The molecule has 0 aliphatic carbocycles. The number of nitrogens with zero attached hydrogens (tertiary/aromatic N) is 1. The number of benzene rings is 1. The van der Waals surface area contributed by atoms with E-state index in [9.17, 15) is 9.59 Å². The van der Waals surface area contributed by atoms with Crippen LogP contribution in [0.2, 0.25) is 0 Å². The summed E-state index contributed by atoms with van der Waals surface area (Å²) in [6.07, 6.45) is 0.430. The van der Waals surface area contributed by atoms with Crippen molar-refractivity contribution in [1.82, 2.24) is 9.88 Å². The first-order chi connectivity index (χ1) is 10.6. The molecule has 2 heterocycles. The minimum absolute atomic E-state index is 0.159. The van der Waals surface area contributed by atoms with Crippen LogP contribution in [0.1, 0.15) is 24.2 Å². The molecule has 116 valence electrons. The van der Waals surface area contributed by atoms with Crippen molar-refractivity contribution in [2.45, 2.75) is 25.4 Å². The predicted molar refractivity (Wildman–Crippen MR) is 83.8 cm³/mol. The Hall–Kier alpha value is -2.01. The molecule has 0 saturated carbocycles. The van der Waals surface area contributed by atoms with Crippen LogP contribution in [0, 0.1) is 0 Å². The second-order valence-electron chi connectivity index (χ2n) is 5.42. The van der Waals surface area contributed by atoms with Gasteiger partial charge in [-0.05, 0) is 18.6 Å². The summed E-state index contributed by atoms with van der Waals surface area (Å²) in [4.78, 5) is 29.2. The Labute approximate surface area is 133 Å². The number of rotatable bonds is 2. The van der Waals surface area contributed by atoms with Crippen LogP contribution in [0.3, 0.4) is 0 Å². The Balaban J connectivity index is 2.14. The van der Waals surface area contributed by atoms with E-state index in [0.29, 0.717) is 6.42 Å². The Morgan fingerprint density at radius 2 is 2.14 bits per heavy atom. The molecule has 6 heteroatoms. The number of carbonyl (C=O) groups excluding carboxylic acids is 2. The van der Waals surface area contributed by atoms with Gasteiger partial charge in [0.25, 0.3) is 0 Å². The smallest absolute Gasteiger partial charge is 0.328 e. The van der Waals surface area contributed by atoms with E-state index in [1.165, 1.54) is 12.0 Å². The number of nitrogens with one attached hydrogen (secondary N) is 1. The van der Waals surface area contributed by atoms with Gasteiger partial charge in [-0.25, -0.2) is 4.79 Å². The summed E-state index contributed by atoms with van der Waals surface area (Å²) in [5.41, 5.74) is 3.03. The number of alkyl halides is 1. The molecule has 0 spiro atoms.